The second kappa shape index (κ2) is 9.36. The SMILES string of the molecule is C#Cc1c(F)ccc2cccc(C3=C(C)C(=NCC)/C(=C(\N=C)N4CCCC(C)(N)C4)C=N3)c12. The summed E-state index contributed by atoms with van der Waals surface area (Å²) in [6.07, 6.45) is 9.43. The molecule has 2 aromatic carbocycles. The van der Waals surface area contributed by atoms with Crippen LogP contribution in [0.5, 0.6) is 0 Å². The largest absolute Gasteiger partial charge is 0.354 e. The maximum atomic E-state index is 14.6. The van der Waals surface area contributed by atoms with Crippen LogP contribution in [0.15, 0.2) is 62.3 Å². The van der Waals surface area contributed by atoms with E-state index in [4.69, 9.17) is 22.1 Å². The van der Waals surface area contributed by atoms with Crippen LogP contribution in [0.4, 0.5) is 4.39 Å². The standard InChI is InChI=1S/C28H30FN5/c1-6-20-23(29)13-12-19-10-8-11-21(24(19)20)25-18(3)26(32-7-2)22(16-33-25)27(31-5)34-15-9-14-28(4,30)17-34/h1,8,10-13,16H,5,7,9,14-15,17,30H2,2-4H3/b27-22+,32-26?. The van der Waals surface area contributed by atoms with Crippen molar-refractivity contribution in [2.75, 3.05) is 19.6 Å². The first kappa shape index (κ1) is 23.6. The molecule has 0 radical (unpaired) electrons. The van der Waals surface area contributed by atoms with Crippen LogP contribution in [0.1, 0.15) is 44.7 Å². The van der Waals surface area contributed by atoms with E-state index < -0.39 is 5.82 Å². The number of piperidine rings is 1. The van der Waals surface area contributed by atoms with Crippen LogP contribution in [-0.4, -0.2) is 48.7 Å². The van der Waals surface area contributed by atoms with E-state index in [2.05, 4.69) is 29.5 Å². The zero-order chi connectivity index (χ0) is 24.5. The zero-order valence-electron chi connectivity index (χ0n) is 20.0. The van der Waals surface area contributed by atoms with E-state index in [-0.39, 0.29) is 11.1 Å². The molecule has 4 rings (SSSR count). The molecule has 0 aliphatic carbocycles. The number of likely N-dealkylation sites (tertiary alicyclic amines) is 1. The van der Waals surface area contributed by atoms with Crippen molar-refractivity contribution < 1.29 is 4.39 Å². The fraction of sp³-hybridized carbons (Fsp3) is 0.321. The Labute approximate surface area is 200 Å². The number of aliphatic imine (C=N–C) groups is 3. The fourth-order valence-corrected chi connectivity index (χ4v) is 4.89. The summed E-state index contributed by atoms with van der Waals surface area (Å²) in [6, 6.07) is 8.93. The summed E-state index contributed by atoms with van der Waals surface area (Å²) in [6.45, 7) is 12.0. The molecular weight excluding hydrogens is 425 g/mol. The predicted octanol–water partition coefficient (Wildman–Crippen LogP) is 4.96. The highest BCUT2D eigenvalue weighted by molar-refractivity contribution is 6.29. The Morgan fingerprint density at radius 3 is 2.82 bits per heavy atom. The van der Waals surface area contributed by atoms with E-state index in [1.54, 1.807) is 12.3 Å². The van der Waals surface area contributed by atoms with Gasteiger partial charge in [-0.1, -0.05) is 30.2 Å². The summed E-state index contributed by atoms with van der Waals surface area (Å²) in [5.41, 5.74) is 10.4. The lowest BCUT2D eigenvalue weighted by molar-refractivity contribution is 0.197. The third-order valence-electron chi connectivity index (χ3n) is 6.42. The molecular formula is C28H30FN5. The molecule has 5 nitrogen and oxygen atoms in total. The van der Waals surface area contributed by atoms with Crippen molar-refractivity contribution in [3.05, 3.63) is 64.2 Å². The van der Waals surface area contributed by atoms with Gasteiger partial charge < -0.3 is 10.6 Å². The number of allylic oxidation sites excluding steroid dienone is 2. The summed E-state index contributed by atoms with van der Waals surface area (Å²) >= 11 is 0. The third kappa shape index (κ3) is 4.20. The van der Waals surface area contributed by atoms with Crippen molar-refractivity contribution in [1.29, 1.82) is 0 Å². The number of rotatable bonds is 4. The smallest absolute Gasteiger partial charge is 0.139 e. The molecule has 2 aliphatic rings. The predicted molar refractivity (Wildman–Crippen MR) is 141 cm³/mol. The maximum absolute atomic E-state index is 14.6. The first-order valence-electron chi connectivity index (χ1n) is 11.5. The molecule has 2 N–H and O–H groups in total. The van der Waals surface area contributed by atoms with Gasteiger partial charge in [-0.2, -0.15) is 0 Å². The molecule has 1 unspecified atom stereocenters. The molecule has 0 amide bonds. The summed E-state index contributed by atoms with van der Waals surface area (Å²) in [5, 5.41) is 1.54. The molecule has 6 heteroatoms. The summed E-state index contributed by atoms with van der Waals surface area (Å²) in [7, 11) is 0. The van der Waals surface area contributed by atoms with Gasteiger partial charge in [0.15, 0.2) is 0 Å². The molecule has 1 saturated heterocycles. The van der Waals surface area contributed by atoms with E-state index in [0.717, 1.165) is 58.7 Å². The van der Waals surface area contributed by atoms with Gasteiger partial charge in [-0.15, -0.1) is 6.42 Å². The van der Waals surface area contributed by atoms with Gasteiger partial charge in [0.05, 0.1) is 22.5 Å². The molecule has 1 atom stereocenters. The van der Waals surface area contributed by atoms with Crippen molar-refractivity contribution >= 4 is 35.1 Å². The molecule has 2 aliphatic heterocycles. The van der Waals surface area contributed by atoms with Gasteiger partial charge in [-0.25, -0.2) is 9.38 Å². The lowest BCUT2D eigenvalue weighted by Crippen LogP contribution is -2.51. The molecule has 1 fully saturated rings. The van der Waals surface area contributed by atoms with E-state index in [0.29, 0.717) is 18.5 Å². The highest BCUT2D eigenvalue weighted by Gasteiger charge is 2.31. The molecule has 0 spiro atoms. The van der Waals surface area contributed by atoms with Crippen molar-refractivity contribution in [3.8, 4) is 12.3 Å². The summed E-state index contributed by atoms with van der Waals surface area (Å²) < 4.78 is 14.6. The van der Waals surface area contributed by atoms with Gasteiger partial charge in [-0.3, -0.25) is 9.98 Å². The Balaban J connectivity index is 1.90. The van der Waals surface area contributed by atoms with E-state index in [9.17, 15) is 4.39 Å². The number of hydrogen-bond acceptors (Lipinski definition) is 5. The molecule has 0 saturated carbocycles. The lowest BCUT2D eigenvalue weighted by Gasteiger charge is -2.39. The Hall–Kier alpha value is -3.56. The van der Waals surface area contributed by atoms with Crippen LogP contribution in [0.3, 0.4) is 0 Å². The van der Waals surface area contributed by atoms with Crippen LogP contribution in [0, 0.1) is 18.2 Å². The maximum Gasteiger partial charge on any atom is 0.139 e. The summed E-state index contributed by atoms with van der Waals surface area (Å²) in [5.74, 6) is 2.84. The normalized spacial score (nSPS) is 23.4. The minimum absolute atomic E-state index is 0.239. The van der Waals surface area contributed by atoms with Crippen molar-refractivity contribution in [1.82, 2.24) is 4.90 Å². The Morgan fingerprint density at radius 1 is 1.35 bits per heavy atom. The third-order valence-corrected chi connectivity index (χ3v) is 6.42. The van der Waals surface area contributed by atoms with E-state index in [1.807, 2.05) is 32.0 Å². The average Bonchev–Trinajstić information content (AvgIpc) is 2.81. The molecule has 0 bridgehead atoms. The van der Waals surface area contributed by atoms with Crippen molar-refractivity contribution in [2.24, 2.45) is 20.7 Å². The second-order valence-corrected chi connectivity index (χ2v) is 9.10. The van der Waals surface area contributed by atoms with Gasteiger partial charge >= 0.3 is 0 Å². The summed E-state index contributed by atoms with van der Waals surface area (Å²) in [4.78, 5) is 16.2. The van der Waals surface area contributed by atoms with Crippen LogP contribution in [0.2, 0.25) is 0 Å². The van der Waals surface area contributed by atoms with Gasteiger partial charge in [-0.05, 0) is 51.8 Å². The topological polar surface area (TPSA) is 66.3 Å². The Bertz CT molecular complexity index is 1320. The number of nitrogens with zero attached hydrogens (tertiary/aromatic N) is 4. The molecule has 0 aromatic heterocycles. The molecule has 34 heavy (non-hydrogen) atoms. The number of hydrogen-bond donors (Lipinski definition) is 1. The zero-order valence-corrected chi connectivity index (χ0v) is 20.0. The Kier molecular flexibility index (Phi) is 6.49. The highest BCUT2D eigenvalue weighted by atomic mass is 19.1. The monoisotopic (exact) mass is 455 g/mol. The van der Waals surface area contributed by atoms with E-state index in [1.165, 1.54) is 6.07 Å². The average molecular weight is 456 g/mol. The number of nitrogens with two attached hydrogens (primary N) is 1. The number of terminal acetylenes is 1. The Morgan fingerprint density at radius 2 is 2.15 bits per heavy atom. The van der Waals surface area contributed by atoms with Crippen LogP contribution in [0.25, 0.3) is 16.5 Å². The minimum atomic E-state index is -0.420. The highest BCUT2D eigenvalue weighted by Crippen LogP contribution is 2.35. The van der Waals surface area contributed by atoms with Crippen LogP contribution in [-0.2, 0) is 0 Å². The number of halogens is 1. The molecule has 2 heterocycles. The van der Waals surface area contributed by atoms with E-state index >= 15 is 0 Å². The lowest BCUT2D eigenvalue weighted by atomic mass is 9.90. The molecule has 174 valence electrons. The first-order chi connectivity index (χ1) is 16.3. The van der Waals surface area contributed by atoms with Crippen LogP contribution >= 0.6 is 0 Å². The quantitative estimate of drug-likeness (QED) is 0.523. The van der Waals surface area contributed by atoms with Crippen molar-refractivity contribution in [2.45, 2.75) is 39.2 Å². The fourth-order valence-electron chi connectivity index (χ4n) is 4.89. The second-order valence-electron chi connectivity index (χ2n) is 9.10. The minimum Gasteiger partial charge on any atom is -0.354 e. The number of fused-ring (bicyclic) bond motifs is 1. The number of benzene rings is 2. The van der Waals surface area contributed by atoms with Gasteiger partial charge in [0.25, 0.3) is 0 Å². The van der Waals surface area contributed by atoms with Gasteiger partial charge in [0.1, 0.15) is 11.6 Å². The first-order valence-corrected chi connectivity index (χ1v) is 11.5. The van der Waals surface area contributed by atoms with Gasteiger partial charge in [0.2, 0.25) is 0 Å². The molecule has 2 aromatic rings. The van der Waals surface area contributed by atoms with Crippen molar-refractivity contribution in [3.63, 3.8) is 0 Å². The van der Waals surface area contributed by atoms with Gasteiger partial charge in [0, 0.05) is 47.9 Å². The van der Waals surface area contributed by atoms with Crippen LogP contribution < -0.4 is 5.73 Å².